The number of aliphatic carboxylic acids is 1. The number of unbranched alkanes of at least 4 members (excludes halogenated alkanes) is 3. The Balaban J connectivity index is 1.21. The van der Waals surface area contributed by atoms with Gasteiger partial charge in [0, 0.05) is 52.3 Å². The third kappa shape index (κ3) is 7.09. The molecule has 6 aromatic rings. The number of carboxylic acids is 1. The standard InChI is InChI=1S/C40H39F3N6O7S/c1-45-31(44-35-34(45)36(51)47(3)39(54)46(35)2)18-6-4-5-9-19-48-23-30(38(52)53)49-32(50)22-27(20-25-14-10-13-24-12-7-8-17-29(24)25)33(37(49)57(48,55)56)26-15-11-16-28(21-26)40(41,42)43/h7-8,10-17,21-22,30H,4-6,9,18-20,23H2,1-3H3,(H,52,53). The van der Waals surface area contributed by atoms with E-state index in [-0.39, 0.29) is 35.3 Å². The van der Waals surface area contributed by atoms with Gasteiger partial charge in [-0.3, -0.25) is 23.3 Å². The van der Waals surface area contributed by atoms with E-state index in [9.17, 15) is 45.9 Å². The highest BCUT2D eigenvalue weighted by atomic mass is 32.2. The van der Waals surface area contributed by atoms with Gasteiger partial charge >= 0.3 is 17.8 Å². The van der Waals surface area contributed by atoms with Gasteiger partial charge in [-0.2, -0.15) is 17.5 Å². The van der Waals surface area contributed by atoms with Gasteiger partial charge in [-0.15, -0.1) is 0 Å². The van der Waals surface area contributed by atoms with Crippen LogP contribution in [0.25, 0.3) is 33.1 Å². The summed E-state index contributed by atoms with van der Waals surface area (Å²) in [6.45, 7) is -0.664. The van der Waals surface area contributed by atoms with E-state index in [4.69, 9.17) is 0 Å². The quantitative estimate of drug-likeness (QED) is 0.180. The Bertz CT molecular complexity index is 2870. The number of alkyl halides is 3. The molecule has 0 aliphatic carbocycles. The van der Waals surface area contributed by atoms with E-state index in [1.807, 2.05) is 30.3 Å². The van der Waals surface area contributed by atoms with Crippen molar-refractivity contribution in [1.82, 2.24) is 27.6 Å². The summed E-state index contributed by atoms with van der Waals surface area (Å²) in [7, 11) is -0.0228. The molecule has 57 heavy (non-hydrogen) atoms. The fraction of sp³-hybridized carbons (Fsp3) is 0.325. The van der Waals surface area contributed by atoms with Crippen LogP contribution in [0.1, 0.15) is 54.2 Å². The molecule has 3 aromatic heterocycles. The molecule has 0 saturated carbocycles. The minimum absolute atomic E-state index is 0.0281. The van der Waals surface area contributed by atoms with Gasteiger partial charge in [0.05, 0.1) is 5.56 Å². The molecule has 0 saturated heterocycles. The summed E-state index contributed by atoms with van der Waals surface area (Å²) in [6.07, 6.45) is -2.31. The van der Waals surface area contributed by atoms with E-state index in [0.717, 1.165) is 43.9 Å². The Labute approximate surface area is 323 Å². The summed E-state index contributed by atoms with van der Waals surface area (Å²) in [5, 5.41) is 11.3. The fourth-order valence-electron chi connectivity index (χ4n) is 7.76. The molecule has 0 fully saturated rings. The topological polar surface area (TPSA) is 158 Å². The van der Waals surface area contributed by atoms with E-state index in [1.165, 1.54) is 24.7 Å². The summed E-state index contributed by atoms with van der Waals surface area (Å²) < 4.78 is 77.1. The molecular formula is C40H39F3N6O7S. The van der Waals surface area contributed by atoms with Crippen LogP contribution in [0.15, 0.2) is 92.2 Å². The lowest BCUT2D eigenvalue weighted by Gasteiger charge is -2.35. The molecule has 13 nitrogen and oxygen atoms in total. The average molecular weight is 805 g/mol. The zero-order valence-electron chi connectivity index (χ0n) is 31.3. The third-order valence-electron chi connectivity index (χ3n) is 10.7. The first-order chi connectivity index (χ1) is 27.0. The highest BCUT2D eigenvalue weighted by Gasteiger charge is 2.43. The van der Waals surface area contributed by atoms with Crippen LogP contribution in [0.5, 0.6) is 0 Å². The SMILES string of the molecule is Cn1c(=O)c2c(nc(CCCCCCN3CC(C(=O)O)n4c(c(-c5cccc(C(F)(F)F)c5)c(Cc5cccc6ccccc56)cc4=O)S3(=O)=O)n2C)n(C)c1=O. The molecule has 7 rings (SSSR count). The van der Waals surface area contributed by atoms with Crippen molar-refractivity contribution in [2.75, 3.05) is 13.1 Å². The number of carbonyl (C=O) groups is 1. The Kier molecular flexibility index (Phi) is 10.3. The number of pyridine rings is 1. The van der Waals surface area contributed by atoms with Crippen LogP contribution < -0.4 is 16.8 Å². The number of nitrogens with zero attached hydrogens (tertiary/aromatic N) is 6. The number of carboxylic acid groups (broad SMARTS) is 1. The van der Waals surface area contributed by atoms with Gasteiger partial charge in [0.2, 0.25) is 0 Å². The highest BCUT2D eigenvalue weighted by molar-refractivity contribution is 7.89. The van der Waals surface area contributed by atoms with Crippen molar-refractivity contribution in [2.24, 2.45) is 21.1 Å². The Hall–Kier alpha value is -5.81. The van der Waals surface area contributed by atoms with Crippen molar-refractivity contribution in [1.29, 1.82) is 0 Å². The molecule has 1 N–H and O–H groups in total. The summed E-state index contributed by atoms with van der Waals surface area (Å²) in [5.74, 6) is -0.875. The zero-order chi connectivity index (χ0) is 41.0. The summed E-state index contributed by atoms with van der Waals surface area (Å²) in [4.78, 5) is 56.2. The molecule has 3 aromatic carbocycles. The van der Waals surface area contributed by atoms with Crippen LogP contribution in [-0.4, -0.2) is 60.1 Å². The number of aryl methyl sites for hydroxylation is 3. The molecular weight excluding hydrogens is 766 g/mol. The molecule has 4 heterocycles. The Morgan fingerprint density at radius 2 is 1.56 bits per heavy atom. The summed E-state index contributed by atoms with van der Waals surface area (Å²) in [5.41, 5.74) is -1.79. The number of halogens is 3. The monoisotopic (exact) mass is 804 g/mol. The lowest BCUT2D eigenvalue weighted by Crippen LogP contribution is -2.50. The average Bonchev–Trinajstić information content (AvgIpc) is 3.50. The van der Waals surface area contributed by atoms with Crippen molar-refractivity contribution in [2.45, 2.75) is 55.8 Å². The smallest absolute Gasteiger partial charge is 0.416 e. The highest BCUT2D eigenvalue weighted by Crippen LogP contribution is 2.40. The molecule has 0 radical (unpaired) electrons. The van der Waals surface area contributed by atoms with Gasteiger partial charge in [-0.1, -0.05) is 67.4 Å². The summed E-state index contributed by atoms with van der Waals surface area (Å²) >= 11 is 0. The predicted molar refractivity (Wildman–Crippen MR) is 207 cm³/mol. The Morgan fingerprint density at radius 1 is 0.860 bits per heavy atom. The largest absolute Gasteiger partial charge is 0.480 e. The summed E-state index contributed by atoms with van der Waals surface area (Å²) in [6, 6.07) is 16.5. The molecule has 17 heteroatoms. The van der Waals surface area contributed by atoms with Crippen LogP contribution in [0, 0.1) is 0 Å². The first-order valence-corrected chi connectivity index (χ1v) is 19.7. The van der Waals surface area contributed by atoms with Crippen molar-refractivity contribution < 1.29 is 31.5 Å². The second-order valence-corrected chi connectivity index (χ2v) is 16.2. The van der Waals surface area contributed by atoms with E-state index in [0.29, 0.717) is 53.6 Å². The normalized spacial score (nSPS) is 15.6. The lowest BCUT2D eigenvalue weighted by atomic mass is 9.93. The van der Waals surface area contributed by atoms with Crippen molar-refractivity contribution in [3.05, 3.63) is 127 Å². The first-order valence-electron chi connectivity index (χ1n) is 18.3. The van der Waals surface area contributed by atoms with E-state index in [1.54, 1.807) is 23.7 Å². The first kappa shape index (κ1) is 39.4. The molecule has 1 atom stereocenters. The number of aromatic nitrogens is 5. The predicted octanol–water partition coefficient (Wildman–Crippen LogP) is 5.00. The van der Waals surface area contributed by atoms with Gasteiger partial charge in [-0.05, 0) is 58.9 Å². The van der Waals surface area contributed by atoms with E-state index < -0.39 is 62.2 Å². The molecule has 0 amide bonds. The van der Waals surface area contributed by atoms with E-state index in [2.05, 4.69) is 4.98 Å². The molecule has 1 unspecified atom stereocenters. The third-order valence-corrected chi connectivity index (χ3v) is 12.6. The second-order valence-electron chi connectivity index (χ2n) is 14.3. The maximum atomic E-state index is 14.6. The maximum absolute atomic E-state index is 14.6. The van der Waals surface area contributed by atoms with Gasteiger partial charge < -0.3 is 9.67 Å². The molecule has 298 valence electrons. The van der Waals surface area contributed by atoms with Crippen LogP contribution in [0.2, 0.25) is 0 Å². The molecule has 1 aliphatic rings. The number of fused-ring (bicyclic) bond motifs is 3. The van der Waals surface area contributed by atoms with Crippen LogP contribution in [0.3, 0.4) is 0 Å². The maximum Gasteiger partial charge on any atom is 0.416 e. The van der Waals surface area contributed by atoms with Gasteiger partial charge in [0.25, 0.3) is 21.1 Å². The lowest BCUT2D eigenvalue weighted by molar-refractivity contribution is -0.141. The molecule has 1 aliphatic heterocycles. The number of sulfonamides is 1. The van der Waals surface area contributed by atoms with Crippen molar-refractivity contribution >= 4 is 37.9 Å². The fourth-order valence-corrected chi connectivity index (χ4v) is 9.68. The number of imidazole rings is 1. The van der Waals surface area contributed by atoms with Gasteiger partial charge in [0.1, 0.15) is 11.9 Å². The van der Waals surface area contributed by atoms with Crippen LogP contribution >= 0.6 is 0 Å². The number of hydrogen-bond donors (Lipinski definition) is 1. The minimum atomic E-state index is -4.77. The molecule has 0 spiro atoms. The Morgan fingerprint density at radius 3 is 2.30 bits per heavy atom. The van der Waals surface area contributed by atoms with Crippen molar-refractivity contribution in [3.63, 3.8) is 0 Å². The zero-order valence-corrected chi connectivity index (χ0v) is 32.1. The van der Waals surface area contributed by atoms with Crippen LogP contribution in [-0.2, 0) is 55.0 Å². The number of rotatable bonds is 11. The van der Waals surface area contributed by atoms with E-state index >= 15 is 0 Å². The van der Waals surface area contributed by atoms with Crippen molar-refractivity contribution in [3.8, 4) is 11.1 Å². The van der Waals surface area contributed by atoms with Gasteiger partial charge in [-0.25, -0.2) is 23.0 Å². The minimum Gasteiger partial charge on any atom is -0.480 e. The number of hydrogen-bond acceptors (Lipinski definition) is 7. The molecule has 0 bridgehead atoms. The van der Waals surface area contributed by atoms with Gasteiger partial charge in [0.15, 0.2) is 16.2 Å². The number of benzene rings is 3. The second kappa shape index (κ2) is 14.9. The van der Waals surface area contributed by atoms with Crippen LogP contribution in [0.4, 0.5) is 13.2 Å².